The summed E-state index contributed by atoms with van der Waals surface area (Å²) in [6, 6.07) is 3.38. The largest absolute Gasteiger partial charge is 0.496 e. The number of aliphatic carboxylic acids is 1. The quantitative estimate of drug-likeness (QED) is 0.868. The van der Waals surface area contributed by atoms with Gasteiger partial charge in [-0.1, -0.05) is 27.5 Å². The number of carboxylic acid groups (broad SMARTS) is 1. The average molecular weight is 294 g/mol. The number of halogens is 2. The predicted molar refractivity (Wildman–Crippen MR) is 62.0 cm³/mol. The summed E-state index contributed by atoms with van der Waals surface area (Å²) in [5, 5.41) is 9.74. The van der Waals surface area contributed by atoms with Crippen LogP contribution in [0.25, 0.3) is 0 Å². The zero-order valence-electron chi connectivity index (χ0n) is 8.09. The van der Waals surface area contributed by atoms with Crippen molar-refractivity contribution in [3.05, 3.63) is 28.3 Å². The van der Waals surface area contributed by atoms with E-state index in [1.165, 1.54) is 0 Å². The smallest absolute Gasteiger partial charge is 0.307 e. The molecule has 1 rings (SSSR count). The fourth-order valence-electron chi connectivity index (χ4n) is 1.23. The van der Waals surface area contributed by atoms with Gasteiger partial charge in [-0.05, 0) is 17.7 Å². The molecule has 0 bridgehead atoms. The predicted octanol–water partition coefficient (Wildman–Crippen LogP) is 2.87. The van der Waals surface area contributed by atoms with Gasteiger partial charge >= 0.3 is 5.97 Å². The molecule has 82 valence electrons. The molecule has 0 aliphatic heterocycles. The zero-order valence-corrected chi connectivity index (χ0v) is 10.4. The van der Waals surface area contributed by atoms with E-state index in [2.05, 4.69) is 15.9 Å². The maximum Gasteiger partial charge on any atom is 0.307 e. The first-order valence-corrected chi connectivity index (χ1v) is 5.71. The summed E-state index contributed by atoms with van der Waals surface area (Å²) in [7, 11) is 1.54. The Morgan fingerprint density at radius 3 is 2.67 bits per heavy atom. The third-order valence-electron chi connectivity index (χ3n) is 1.94. The van der Waals surface area contributed by atoms with Gasteiger partial charge in [-0.3, -0.25) is 4.79 Å². The number of hydrogen-bond donors (Lipinski definition) is 1. The summed E-state index contributed by atoms with van der Waals surface area (Å²) in [4.78, 5) is 10.6. The molecule has 0 unspecified atom stereocenters. The lowest BCUT2D eigenvalue weighted by Gasteiger charge is -2.09. The first kappa shape index (κ1) is 12.3. The molecule has 0 aliphatic rings. The summed E-state index contributed by atoms with van der Waals surface area (Å²) in [5.74, 6) is -0.266. The Morgan fingerprint density at radius 2 is 2.20 bits per heavy atom. The van der Waals surface area contributed by atoms with E-state index in [1.807, 2.05) is 0 Å². The van der Waals surface area contributed by atoms with Gasteiger partial charge in [0, 0.05) is 15.9 Å². The van der Waals surface area contributed by atoms with Gasteiger partial charge in [0.1, 0.15) is 5.75 Å². The van der Waals surface area contributed by atoms with E-state index in [4.69, 9.17) is 21.4 Å². The van der Waals surface area contributed by atoms with Crippen LogP contribution < -0.4 is 4.74 Å². The molecule has 0 saturated carbocycles. The van der Waals surface area contributed by atoms with Gasteiger partial charge in [-0.15, -0.1) is 0 Å². The number of alkyl halides is 1. The molecule has 0 aromatic heterocycles. The SMILES string of the molecule is COc1cc(CC(=O)O)c(Cl)cc1CBr. The minimum absolute atomic E-state index is 0.0994. The number of hydrogen-bond acceptors (Lipinski definition) is 2. The maximum atomic E-state index is 10.6. The van der Waals surface area contributed by atoms with Crippen molar-refractivity contribution in [2.24, 2.45) is 0 Å². The van der Waals surface area contributed by atoms with Gasteiger partial charge in [0.15, 0.2) is 0 Å². The Hall–Kier alpha value is -0.740. The molecule has 0 heterocycles. The van der Waals surface area contributed by atoms with E-state index in [1.54, 1.807) is 19.2 Å². The van der Waals surface area contributed by atoms with E-state index >= 15 is 0 Å². The monoisotopic (exact) mass is 292 g/mol. The number of methoxy groups -OCH3 is 1. The van der Waals surface area contributed by atoms with E-state index in [0.29, 0.717) is 21.7 Å². The van der Waals surface area contributed by atoms with Gasteiger partial charge in [0.05, 0.1) is 13.5 Å². The van der Waals surface area contributed by atoms with Crippen LogP contribution in [-0.2, 0) is 16.5 Å². The van der Waals surface area contributed by atoms with Crippen molar-refractivity contribution in [1.82, 2.24) is 0 Å². The number of benzene rings is 1. The van der Waals surface area contributed by atoms with E-state index in [0.717, 1.165) is 5.56 Å². The van der Waals surface area contributed by atoms with E-state index in [-0.39, 0.29) is 6.42 Å². The van der Waals surface area contributed by atoms with Crippen LogP contribution in [0.5, 0.6) is 5.75 Å². The van der Waals surface area contributed by atoms with Crippen LogP contribution in [0.3, 0.4) is 0 Å². The lowest BCUT2D eigenvalue weighted by Crippen LogP contribution is -2.02. The summed E-state index contributed by atoms with van der Waals surface area (Å²) >= 11 is 9.25. The first-order valence-electron chi connectivity index (χ1n) is 4.21. The maximum absolute atomic E-state index is 10.6. The Kier molecular flexibility index (Phi) is 4.42. The lowest BCUT2D eigenvalue weighted by molar-refractivity contribution is -0.136. The van der Waals surface area contributed by atoms with Crippen molar-refractivity contribution in [3.8, 4) is 5.75 Å². The van der Waals surface area contributed by atoms with E-state index in [9.17, 15) is 4.79 Å². The molecule has 0 amide bonds. The van der Waals surface area contributed by atoms with Crippen molar-refractivity contribution in [2.75, 3.05) is 7.11 Å². The van der Waals surface area contributed by atoms with Gasteiger partial charge in [-0.25, -0.2) is 0 Å². The molecule has 1 aromatic rings. The molecule has 0 radical (unpaired) electrons. The van der Waals surface area contributed by atoms with Crippen LogP contribution in [-0.4, -0.2) is 18.2 Å². The molecule has 0 atom stereocenters. The standard InChI is InChI=1S/C10H10BrClO3/c1-15-9-3-6(4-10(13)14)8(12)2-7(9)5-11/h2-3H,4-5H2,1H3,(H,13,14). The van der Waals surface area contributed by atoms with Crippen LogP contribution in [0.1, 0.15) is 11.1 Å². The second-order valence-electron chi connectivity index (χ2n) is 2.96. The molecule has 1 aromatic carbocycles. The van der Waals surface area contributed by atoms with Crippen LogP contribution in [0.4, 0.5) is 0 Å². The lowest BCUT2D eigenvalue weighted by atomic mass is 10.1. The van der Waals surface area contributed by atoms with Crippen LogP contribution in [0.2, 0.25) is 5.02 Å². The highest BCUT2D eigenvalue weighted by Gasteiger charge is 2.10. The first-order chi connectivity index (χ1) is 7.08. The molecule has 5 heteroatoms. The minimum Gasteiger partial charge on any atom is -0.496 e. The average Bonchev–Trinajstić information content (AvgIpc) is 2.19. The van der Waals surface area contributed by atoms with Crippen molar-refractivity contribution in [1.29, 1.82) is 0 Å². The van der Waals surface area contributed by atoms with Crippen LogP contribution in [0, 0.1) is 0 Å². The summed E-state index contributed by atoms with van der Waals surface area (Å²) in [6.07, 6.45) is -0.0994. The van der Waals surface area contributed by atoms with Crippen molar-refractivity contribution in [2.45, 2.75) is 11.8 Å². The number of rotatable bonds is 4. The molecule has 0 aliphatic carbocycles. The number of carboxylic acids is 1. The Bertz CT molecular complexity index is 379. The molecule has 15 heavy (non-hydrogen) atoms. The van der Waals surface area contributed by atoms with Gasteiger partial charge < -0.3 is 9.84 Å². The van der Waals surface area contributed by atoms with Gasteiger partial charge in [-0.2, -0.15) is 0 Å². The van der Waals surface area contributed by atoms with Gasteiger partial charge in [0.2, 0.25) is 0 Å². The second-order valence-corrected chi connectivity index (χ2v) is 3.93. The highest BCUT2D eigenvalue weighted by Crippen LogP contribution is 2.28. The van der Waals surface area contributed by atoms with Crippen molar-refractivity contribution in [3.63, 3.8) is 0 Å². The van der Waals surface area contributed by atoms with Crippen molar-refractivity contribution < 1.29 is 14.6 Å². The normalized spacial score (nSPS) is 10.1. The Morgan fingerprint density at radius 1 is 1.53 bits per heavy atom. The molecule has 0 spiro atoms. The summed E-state index contributed by atoms with van der Waals surface area (Å²) < 4.78 is 5.13. The number of ether oxygens (including phenoxy) is 1. The molecular weight excluding hydrogens is 283 g/mol. The molecule has 0 saturated heterocycles. The minimum atomic E-state index is -0.912. The second kappa shape index (κ2) is 5.37. The third kappa shape index (κ3) is 3.11. The molecule has 3 nitrogen and oxygen atoms in total. The topological polar surface area (TPSA) is 46.5 Å². The van der Waals surface area contributed by atoms with Crippen LogP contribution >= 0.6 is 27.5 Å². The highest BCUT2D eigenvalue weighted by atomic mass is 79.9. The zero-order chi connectivity index (χ0) is 11.4. The third-order valence-corrected chi connectivity index (χ3v) is 2.89. The summed E-state index contributed by atoms with van der Waals surface area (Å²) in [5.41, 5.74) is 1.46. The number of carbonyl (C=O) groups is 1. The van der Waals surface area contributed by atoms with Gasteiger partial charge in [0.25, 0.3) is 0 Å². The Balaban J connectivity index is 3.13. The van der Waals surface area contributed by atoms with Crippen molar-refractivity contribution >= 4 is 33.5 Å². The van der Waals surface area contributed by atoms with E-state index < -0.39 is 5.97 Å². The van der Waals surface area contributed by atoms with Crippen LogP contribution in [0.15, 0.2) is 12.1 Å². The Labute approximate surface area is 101 Å². The fraction of sp³-hybridized carbons (Fsp3) is 0.300. The highest BCUT2D eigenvalue weighted by molar-refractivity contribution is 9.08. The fourth-order valence-corrected chi connectivity index (χ4v) is 1.92. The molecular formula is C10H10BrClO3. The summed E-state index contributed by atoms with van der Waals surface area (Å²) in [6.45, 7) is 0. The molecule has 0 fully saturated rings. The molecule has 1 N–H and O–H groups in total.